The fourth-order valence-electron chi connectivity index (χ4n) is 3.76. The molecular weight excluding hydrogens is 398 g/mol. The van der Waals surface area contributed by atoms with Gasteiger partial charge in [0.25, 0.3) is 5.91 Å². The molecule has 8 heteroatoms. The number of carbonyl (C=O) groups is 2. The van der Waals surface area contributed by atoms with E-state index < -0.39 is 0 Å². The van der Waals surface area contributed by atoms with Crippen LogP contribution < -0.4 is 5.32 Å². The number of hydrogen-bond acceptors (Lipinski definition) is 5. The predicted molar refractivity (Wildman–Crippen MR) is 114 cm³/mol. The van der Waals surface area contributed by atoms with E-state index >= 15 is 0 Å². The highest BCUT2D eigenvalue weighted by Gasteiger charge is 2.35. The molecule has 1 saturated carbocycles. The number of piperidine rings is 1. The van der Waals surface area contributed by atoms with E-state index in [1.807, 2.05) is 41.4 Å². The molecule has 1 aliphatic heterocycles. The van der Waals surface area contributed by atoms with Gasteiger partial charge < -0.3 is 10.2 Å². The molecule has 2 amide bonds. The normalized spacial score (nSPS) is 17.1. The summed E-state index contributed by atoms with van der Waals surface area (Å²) in [5, 5.41) is 10.0. The van der Waals surface area contributed by atoms with Crippen LogP contribution in [0, 0.1) is 5.92 Å². The lowest BCUT2D eigenvalue weighted by atomic mass is 10.0. The molecule has 2 fully saturated rings. The van der Waals surface area contributed by atoms with Crippen LogP contribution in [0.3, 0.4) is 0 Å². The minimum Gasteiger partial charge on any atom is -0.348 e. The Kier molecular flexibility index (Phi) is 5.08. The summed E-state index contributed by atoms with van der Waals surface area (Å²) in [4.78, 5) is 31.3. The minimum atomic E-state index is -0.153. The van der Waals surface area contributed by atoms with Gasteiger partial charge in [0.05, 0.1) is 11.9 Å². The van der Waals surface area contributed by atoms with Crippen LogP contribution in [0.15, 0.2) is 48.1 Å². The Morgan fingerprint density at radius 1 is 1.07 bits per heavy atom. The average molecular weight is 422 g/mol. The summed E-state index contributed by atoms with van der Waals surface area (Å²) in [6.45, 7) is 1.45. The van der Waals surface area contributed by atoms with Crippen LogP contribution in [0.5, 0.6) is 0 Å². The maximum atomic E-state index is 12.6. The zero-order valence-corrected chi connectivity index (χ0v) is 17.3. The molecule has 2 aromatic heterocycles. The molecular formula is C22H23N5O2S. The highest BCUT2D eigenvalue weighted by atomic mass is 32.1. The monoisotopic (exact) mass is 421 g/mol. The van der Waals surface area contributed by atoms with Crippen LogP contribution >= 0.6 is 11.3 Å². The number of thiazole rings is 1. The summed E-state index contributed by atoms with van der Waals surface area (Å²) in [6, 6.07) is 9.96. The third kappa shape index (κ3) is 4.00. The lowest BCUT2D eigenvalue weighted by Crippen LogP contribution is -2.47. The Bertz CT molecular complexity index is 1050. The van der Waals surface area contributed by atoms with Crippen molar-refractivity contribution < 1.29 is 9.59 Å². The van der Waals surface area contributed by atoms with Gasteiger partial charge in [-0.15, -0.1) is 11.3 Å². The Labute approximate surface area is 178 Å². The number of aromatic nitrogens is 3. The van der Waals surface area contributed by atoms with Crippen LogP contribution in [0.1, 0.15) is 36.2 Å². The van der Waals surface area contributed by atoms with Gasteiger partial charge in [0, 0.05) is 42.2 Å². The Balaban J connectivity index is 1.19. The zero-order valence-electron chi connectivity index (χ0n) is 16.5. The van der Waals surface area contributed by atoms with Crippen molar-refractivity contribution in [2.24, 2.45) is 5.92 Å². The SMILES string of the molecule is O=C(NC1CCN(C(=O)C2CC2)CC1)c1csc(-c2cnn(-c3ccccc3)c2)n1. The van der Waals surface area contributed by atoms with Gasteiger partial charge in [-0.2, -0.15) is 5.10 Å². The van der Waals surface area contributed by atoms with Crippen LogP contribution in [-0.2, 0) is 4.79 Å². The molecule has 0 atom stereocenters. The van der Waals surface area contributed by atoms with Crippen molar-refractivity contribution in [2.45, 2.75) is 31.7 Å². The number of benzene rings is 1. The first-order chi connectivity index (χ1) is 14.7. The van der Waals surface area contributed by atoms with Crippen molar-refractivity contribution >= 4 is 23.2 Å². The second kappa shape index (κ2) is 8.02. The molecule has 1 aromatic carbocycles. The highest BCUT2D eigenvalue weighted by Crippen LogP contribution is 2.32. The number of carbonyl (C=O) groups excluding carboxylic acids is 2. The third-order valence-corrected chi connectivity index (χ3v) is 6.55. The van der Waals surface area contributed by atoms with E-state index in [0.29, 0.717) is 11.6 Å². The average Bonchev–Trinajstić information content (AvgIpc) is 3.30. The van der Waals surface area contributed by atoms with Gasteiger partial charge in [-0.05, 0) is 37.8 Å². The smallest absolute Gasteiger partial charge is 0.270 e. The van der Waals surface area contributed by atoms with E-state index in [-0.39, 0.29) is 17.9 Å². The summed E-state index contributed by atoms with van der Waals surface area (Å²) >= 11 is 1.44. The van der Waals surface area contributed by atoms with Gasteiger partial charge in [0.15, 0.2) is 0 Å². The molecule has 0 bridgehead atoms. The second-order valence-electron chi connectivity index (χ2n) is 7.89. The first-order valence-corrected chi connectivity index (χ1v) is 11.2. The van der Waals surface area contributed by atoms with Gasteiger partial charge in [-0.1, -0.05) is 18.2 Å². The number of amides is 2. The molecule has 3 heterocycles. The summed E-state index contributed by atoms with van der Waals surface area (Å²) < 4.78 is 1.80. The molecule has 1 N–H and O–H groups in total. The number of nitrogens with zero attached hydrogens (tertiary/aromatic N) is 4. The first-order valence-electron chi connectivity index (χ1n) is 10.3. The van der Waals surface area contributed by atoms with Crippen LogP contribution in [0.4, 0.5) is 0 Å². The van der Waals surface area contributed by atoms with Crippen molar-refractivity contribution in [3.05, 3.63) is 53.8 Å². The quantitative estimate of drug-likeness (QED) is 0.686. The van der Waals surface area contributed by atoms with Gasteiger partial charge in [-0.3, -0.25) is 9.59 Å². The Hall–Kier alpha value is -3.00. The lowest BCUT2D eigenvalue weighted by molar-refractivity contribution is -0.133. The van der Waals surface area contributed by atoms with Crippen LogP contribution in [0.25, 0.3) is 16.3 Å². The van der Waals surface area contributed by atoms with Crippen molar-refractivity contribution in [3.63, 3.8) is 0 Å². The van der Waals surface area contributed by atoms with E-state index in [0.717, 1.165) is 55.0 Å². The molecule has 0 radical (unpaired) electrons. The molecule has 5 rings (SSSR count). The molecule has 3 aromatic rings. The fraction of sp³-hybridized carbons (Fsp3) is 0.364. The van der Waals surface area contributed by atoms with E-state index in [1.165, 1.54) is 11.3 Å². The number of likely N-dealkylation sites (tertiary alicyclic amines) is 1. The maximum absolute atomic E-state index is 12.6. The number of rotatable bonds is 5. The van der Waals surface area contributed by atoms with Gasteiger partial charge in [0.1, 0.15) is 10.7 Å². The summed E-state index contributed by atoms with van der Waals surface area (Å²) in [7, 11) is 0. The molecule has 2 aliphatic rings. The van der Waals surface area contributed by atoms with Crippen molar-refractivity contribution in [2.75, 3.05) is 13.1 Å². The lowest BCUT2D eigenvalue weighted by Gasteiger charge is -2.32. The summed E-state index contributed by atoms with van der Waals surface area (Å²) in [5.74, 6) is 0.399. The van der Waals surface area contributed by atoms with E-state index in [4.69, 9.17) is 0 Å². The predicted octanol–water partition coefficient (Wildman–Crippen LogP) is 3.13. The van der Waals surface area contributed by atoms with Crippen molar-refractivity contribution in [3.8, 4) is 16.3 Å². The molecule has 7 nitrogen and oxygen atoms in total. The zero-order chi connectivity index (χ0) is 20.5. The van der Waals surface area contributed by atoms with E-state index in [1.54, 1.807) is 16.3 Å². The largest absolute Gasteiger partial charge is 0.348 e. The third-order valence-electron chi connectivity index (χ3n) is 5.66. The number of hydrogen-bond donors (Lipinski definition) is 1. The second-order valence-corrected chi connectivity index (χ2v) is 8.75. The summed E-state index contributed by atoms with van der Waals surface area (Å²) in [6.07, 6.45) is 7.34. The molecule has 154 valence electrons. The highest BCUT2D eigenvalue weighted by molar-refractivity contribution is 7.13. The molecule has 0 spiro atoms. The summed E-state index contributed by atoms with van der Waals surface area (Å²) in [5.41, 5.74) is 2.29. The first kappa shape index (κ1) is 19.0. The van der Waals surface area contributed by atoms with Crippen molar-refractivity contribution in [1.82, 2.24) is 25.0 Å². The maximum Gasteiger partial charge on any atom is 0.270 e. The molecule has 1 saturated heterocycles. The van der Waals surface area contributed by atoms with E-state index in [9.17, 15) is 9.59 Å². The standard InChI is InChI=1S/C22H23N5O2S/c28-20(24-17-8-10-26(11-9-17)22(29)15-6-7-15)19-14-30-21(25-19)16-12-23-27(13-16)18-4-2-1-3-5-18/h1-5,12-15,17H,6-11H2,(H,24,28). The minimum absolute atomic E-state index is 0.0896. The Morgan fingerprint density at radius 2 is 1.83 bits per heavy atom. The fourth-order valence-corrected chi connectivity index (χ4v) is 4.53. The van der Waals surface area contributed by atoms with Crippen LogP contribution in [-0.4, -0.2) is 50.6 Å². The molecule has 30 heavy (non-hydrogen) atoms. The molecule has 1 aliphatic carbocycles. The van der Waals surface area contributed by atoms with Crippen LogP contribution in [0.2, 0.25) is 0 Å². The van der Waals surface area contributed by atoms with E-state index in [2.05, 4.69) is 15.4 Å². The molecule has 0 unspecified atom stereocenters. The number of para-hydroxylation sites is 1. The number of nitrogens with one attached hydrogen (secondary N) is 1. The Morgan fingerprint density at radius 3 is 2.57 bits per heavy atom. The van der Waals surface area contributed by atoms with Gasteiger partial charge >= 0.3 is 0 Å². The van der Waals surface area contributed by atoms with Gasteiger partial charge in [0.2, 0.25) is 5.91 Å². The van der Waals surface area contributed by atoms with Gasteiger partial charge in [-0.25, -0.2) is 9.67 Å². The topological polar surface area (TPSA) is 80.1 Å². The van der Waals surface area contributed by atoms with Crippen molar-refractivity contribution in [1.29, 1.82) is 0 Å².